The molecule has 1 saturated heterocycles. The Morgan fingerprint density at radius 2 is 2.38 bits per heavy atom. The minimum absolute atomic E-state index is 0.623. The van der Waals surface area contributed by atoms with E-state index < -0.39 is 0 Å². The van der Waals surface area contributed by atoms with Gasteiger partial charge in [-0.05, 0) is 37.8 Å². The molecule has 0 spiro atoms. The van der Waals surface area contributed by atoms with E-state index in [4.69, 9.17) is 0 Å². The third-order valence-corrected chi connectivity index (χ3v) is 2.90. The SMILES string of the molecule is CC(C)Cc1cnnc(CC2CCNC2)n1. The highest BCUT2D eigenvalue weighted by molar-refractivity contribution is 4.98. The highest BCUT2D eigenvalue weighted by Gasteiger charge is 2.16. The molecule has 0 aliphatic carbocycles. The summed E-state index contributed by atoms with van der Waals surface area (Å²) in [5, 5.41) is 11.5. The third kappa shape index (κ3) is 3.23. The monoisotopic (exact) mass is 220 g/mol. The average Bonchev–Trinajstić information content (AvgIpc) is 2.70. The molecule has 2 heterocycles. The molecule has 4 heteroatoms. The Morgan fingerprint density at radius 3 is 3.06 bits per heavy atom. The first-order valence-corrected chi connectivity index (χ1v) is 6.12. The van der Waals surface area contributed by atoms with Crippen LogP contribution in [0.3, 0.4) is 0 Å². The average molecular weight is 220 g/mol. The van der Waals surface area contributed by atoms with Crippen LogP contribution < -0.4 is 5.32 Å². The van der Waals surface area contributed by atoms with Crippen LogP contribution in [0.25, 0.3) is 0 Å². The lowest BCUT2D eigenvalue weighted by atomic mass is 10.0. The Balaban J connectivity index is 1.97. The molecule has 1 fully saturated rings. The molecule has 88 valence electrons. The van der Waals surface area contributed by atoms with Crippen LogP contribution in [-0.2, 0) is 12.8 Å². The van der Waals surface area contributed by atoms with E-state index in [9.17, 15) is 0 Å². The van der Waals surface area contributed by atoms with Crippen molar-refractivity contribution in [3.8, 4) is 0 Å². The first-order valence-electron chi connectivity index (χ1n) is 6.12. The van der Waals surface area contributed by atoms with Crippen LogP contribution in [0.1, 0.15) is 31.8 Å². The quantitative estimate of drug-likeness (QED) is 0.829. The molecule has 0 radical (unpaired) electrons. The number of nitrogens with zero attached hydrogens (tertiary/aromatic N) is 3. The van der Waals surface area contributed by atoms with Crippen molar-refractivity contribution in [1.29, 1.82) is 0 Å². The molecule has 1 atom stereocenters. The van der Waals surface area contributed by atoms with Crippen LogP contribution >= 0.6 is 0 Å². The van der Waals surface area contributed by atoms with Crippen LogP contribution in [0, 0.1) is 11.8 Å². The standard InChI is InChI=1S/C12H20N4/c1-9(2)5-11-8-14-16-12(15-11)6-10-3-4-13-7-10/h8-10,13H,3-7H2,1-2H3. The van der Waals surface area contributed by atoms with Gasteiger partial charge in [0.2, 0.25) is 0 Å². The molecule has 2 rings (SSSR count). The van der Waals surface area contributed by atoms with Crippen molar-refractivity contribution in [1.82, 2.24) is 20.5 Å². The van der Waals surface area contributed by atoms with Gasteiger partial charge in [-0.2, -0.15) is 5.10 Å². The molecular weight excluding hydrogens is 200 g/mol. The molecule has 16 heavy (non-hydrogen) atoms. The summed E-state index contributed by atoms with van der Waals surface area (Å²) >= 11 is 0. The van der Waals surface area contributed by atoms with Crippen molar-refractivity contribution in [2.45, 2.75) is 33.1 Å². The van der Waals surface area contributed by atoms with E-state index in [1.165, 1.54) is 6.42 Å². The fraction of sp³-hybridized carbons (Fsp3) is 0.750. The van der Waals surface area contributed by atoms with Gasteiger partial charge < -0.3 is 5.32 Å². The number of aromatic nitrogens is 3. The molecular formula is C12H20N4. The molecule has 0 aromatic carbocycles. The van der Waals surface area contributed by atoms with Crippen molar-refractivity contribution in [2.24, 2.45) is 11.8 Å². The van der Waals surface area contributed by atoms with Gasteiger partial charge in [0.15, 0.2) is 5.82 Å². The third-order valence-electron chi connectivity index (χ3n) is 2.90. The first kappa shape index (κ1) is 11.5. The Hall–Kier alpha value is -1.03. The van der Waals surface area contributed by atoms with Gasteiger partial charge in [-0.25, -0.2) is 4.98 Å². The smallest absolute Gasteiger partial charge is 0.151 e. The highest BCUT2D eigenvalue weighted by atomic mass is 15.1. The van der Waals surface area contributed by atoms with E-state index in [0.29, 0.717) is 11.8 Å². The number of nitrogens with one attached hydrogen (secondary N) is 1. The maximum atomic E-state index is 4.58. The lowest BCUT2D eigenvalue weighted by Gasteiger charge is -2.08. The zero-order chi connectivity index (χ0) is 11.4. The van der Waals surface area contributed by atoms with Crippen molar-refractivity contribution in [3.05, 3.63) is 17.7 Å². The Labute approximate surface area is 96.9 Å². The lowest BCUT2D eigenvalue weighted by molar-refractivity contribution is 0.547. The summed E-state index contributed by atoms with van der Waals surface area (Å²) in [7, 11) is 0. The molecule has 1 N–H and O–H groups in total. The fourth-order valence-electron chi connectivity index (χ4n) is 2.13. The topological polar surface area (TPSA) is 50.7 Å². The van der Waals surface area contributed by atoms with E-state index in [0.717, 1.165) is 37.4 Å². The Morgan fingerprint density at radius 1 is 1.50 bits per heavy atom. The summed E-state index contributed by atoms with van der Waals surface area (Å²) < 4.78 is 0. The predicted octanol–water partition coefficient (Wildman–Crippen LogP) is 1.22. The maximum Gasteiger partial charge on any atom is 0.151 e. The van der Waals surface area contributed by atoms with Crippen molar-refractivity contribution in [2.75, 3.05) is 13.1 Å². The summed E-state index contributed by atoms with van der Waals surface area (Å²) in [5.41, 5.74) is 1.07. The van der Waals surface area contributed by atoms with Gasteiger partial charge >= 0.3 is 0 Å². The van der Waals surface area contributed by atoms with Crippen molar-refractivity contribution in [3.63, 3.8) is 0 Å². The molecule has 4 nitrogen and oxygen atoms in total. The van der Waals surface area contributed by atoms with E-state index in [1.807, 2.05) is 0 Å². The minimum Gasteiger partial charge on any atom is -0.316 e. The molecule has 0 amide bonds. The van der Waals surface area contributed by atoms with Crippen molar-refractivity contribution >= 4 is 0 Å². The van der Waals surface area contributed by atoms with Gasteiger partial charge in [0.05, 0.1) is 11.9 Å². The number of rotatable bonds is 4. The summed E-state index contributed by atoms with van der Waals surface area (Å²) in [6.45, 7) is 6.62. The zero-order valence-electron chi connectivity index (χ0n) is 10.1. The normalized spacial score (nSPS) is 20.6. The number of hydrogen-bond donors (Lipinski definition) is 1. The van der Waals surface area contributed by atoms with Gasteiger partial charge in [0.1, 0.15) is 0 Å². The largest absolute Gasteiger partial charge is 0.316 e. The van der Waals surface area contributed by atoms with Crippen LogP contribution in [0.15, 0.2) is 6.20 Å². The lowest BCUT2D eigenvalue weighted by Crippen LogP contribution is -2.13. The van der Waals surface area contributed by atoms with E-state index in [1.54, 1.807) is 6.20 Å². The van der Waals surface area contributed by atoms with Crippen LogP contribution in [0.2, 0.25) is 0 Å². The zero-order valence-corrected chi connectivity index (χ0v) is 10.1. The van der Waals surface area contributed by atoms with Crippen molar-refractivity contribution < 1.29 is 0 Å². The van der Waals surface area contributed by atoms with Gasteiger partial charge in [-0.15, -0.1) is 5.10 Å². The fourth-order valence-corrected chi connectivity index (χ4v) is 2.13. The summed E-state index contributed by atoms with van der Waals surface area (Å²) in [5.74, 6) is 2.22. The summed E-state index contributed by atoms with van der Waals surface area (Å²) in [4.78, 5) is 4.58. The second-order valence-corrected chi connectivity index (χ2v) is 5.02. The highest BCUT2D eigenvalue weighted by Crippen LogP contribution is 2.12. The molecule has 0 saturated carbocycles. The van der Waals surface area contributed by atoms with Crippen LogP contribution in [0.5, 0.6) is 0 Å². The van der Waals surface area contributed by atoms with E-state index >= 15 is 0 Å². The molecule has 0 bridgehead atoms. The minimum atomic E-state index is 0.623. The molecule has 1 aromatic heterocycles. The second-order valence-electron chi connectivity index (χ2n) is 5.02. The molecule has 1 aliphatic rings. The predicted molar refractivity (Wildman–Crippen MR) is 63.0 cm³/mol. The van der Waals surface area contributed by atoms with Crippen LogP contribution in [0.4, 0.5) is 0 Å². The second kappa shape index (κ2) is 5.34. The van der Waals surface area contributed by atoms with Gasteiger partial charge in [0, 0.05) is 6.42 Å². The molecule has 1 aliphatic heterocycles. The Kier molecular flexibility index (Phi) is 3.83. The van der Waals surface area contributed by atoms with Crippen LogP contribution in [-0.4, -0.2) is 28.3 Å². The summed E-state index contributed by atoms with van der Waals surface area (Å²) in [6.07, 6.45) is 4.98. The first-order chi connectivity index (χ1) is 7.74. The molecule has 1 unspecified atom stereocenters. The molecule has 1 aromatic rings. The van der Waals surface area contributed by atoms with E-state index in [-0.39, 0.29) is 0 Å². The van der Waals surface area contributed by atoms with Gasteiger partial charge in [0.25, 0.3) is 0 Å². The Bertz CT molecular complexity index is 332. The summed E-state index contributed by atoms with van der Waals surface area (Å²) in [6, 6.07) is 0. The van der Waals surface area contributed by atoms with E-state index in [2.05, 4.69) is 34.3 Å². The van der Waals surface area contributed by atoms with Gasteiger partial charge in [-0.1, -0.05) is 13.8 Å². The maximum absolute atomic E-state index is 4.58. The van der Waals surface area contributed by atoms with Gasteiger partial charge in [-0.3, -0.25) is 0 Å². The number of hydrogen-bond acceptors (Lipinski definition) is 4.